The van der Waals surface area contributed by atoms with Crippen molar-refractivity contribution >= 4 is 11.8 Å². The maximum Gasteiger partial charge on any atom is 0.336 e. The van der Waals surface area contributed by atoms with E-state index in [-0.39, 0.29) is 29.0 Å². The molecule has 26 heavy (non-hydrogen) atoms. The third-order valence-corrected chi connectivity index (χ3v) is 5.42. The summed E-state index contributed by atoms with van der Waals surface area (Å²) in [7, 11) is 1.40. The lowest BCUT2D eigenvalue weighted by Gasteiger charge is -2.41. The minimum absolute atomic E-state index is 0.0810. The highest BCUT2D eigenvalue weighted by Crippen LogP contribution is 2.46. The van der Waals surface area contributed by atoms with Gasteiger partial charge in [0.15, 0.2) is 5.78 Å². The molecule has 0 bridgehead atoms. The SMILES string of the molecule is COC(=O)C1=C(C(C)C)NC2=C(C(=O)CC(C)(C)C2)C1C1=CCOCC1. The van der Waals surface area contributed by atoms with Crippen LogP contribution in [-0.4, -0.2) is 32.1 Å². The van der Waals surface area contributed by atoms with Gasteiger partial charge < -0.3 is 14.8 Å². The number of esters is 1. The van der Waals surface area contributed by atoms with Gasteiger partial charge in [0.25, 0.3) is 0 Å². The molecule has 2 aliphatic heterocycles. The van der Waals surface area contributed by atoms with Crippen LogP contribution in [0.3, 0.4) is 0 Å². The molecule has 0 aromatic carbocycles. The smallest absolute Gasteiger partial charge is 0.336 e. The molecule has 2 heterocycles. The second-order valence-corrected chi connectivity index (χ2v) is 8.47. The van der Waals surface area contributed by atoms with Gasteiger partial charge in [0.1, 0.15) is 0 Å². The number of rotatable bonds is 3. The van der Waals surface area contributed by atoms with E-state index >= 15 is 0 Å². The molecule has 5 nitrogen and oxygen atoms in total. The lowest BCUT2D eigenvalue weighted by Crippen LogP contribution is -2.41. The van der Waals surface area contributed by atoms with Crippen LogP contribution in [-0.2, 0) is 19.1 Å². The van der Waals surface area contributed by atoms with Crippen molar-refractivity contribution in [2.75, 3.05) is 20.3 Å². The van der Waals surface area contributed by atoms with Crippen molar-refractivity contribution in [3.05, 3.63) is 34.2 Å². The Labute approximate surface area is 155 Å². The molecule has 0 spiro atoms. The Balaban J connectivity index is 2.19. The van der Waals surface area contributed by atoms with E-state index in [4.69, 9.17) is 9.47 Å². The zero-order valence-electron chi connectivity index (χ0n) is 16.4. The minimum atomic E-state index is -0.359. The van der Waals surface area contributed by atoms with Crippen LogP contribution in [0.1, 0.15) is 47.0 Å². The number of Topliss-reactive ketones (excluding diaryl/α,β-unsaturated/α-hetero) is 1. The van der Waals surface area contributed by atoms with Crippen LogP contribution in [0.5, 0.6) is 0 Å². The average molecular weight is 359 g/mol. The van der Waals surface area contributed by atoms with Gasteiger partial charge in [-0.3, -0.25) is 4.79 Å². The van der Waals surface area contributed by atoms with Gasteiger partial charge in [0.05, 0.1) is 25.9 Å². The summed E-state index contributed by atoms with van der Waals surface area (Å²) in [5.74, 6) is -0.419. The monoisotopic (exact) mass is 359 g/mol. The Bertz CT molecular complexity index is 724. The van der Waals surface area contributed by atoms with Gasteiger partial charge in [0, 0.05) is 29.3 Å². The van der Waals surface area contributed by atoms with Gasteiger partial charge in [-0.15, -0.1) is 0 Å². The van der Waals surface area contributed by atoms with Crippen LogP contribution >= 0.6 is 0 Å². The molecular formula is C21H29NO4. The van der Waals surface area contributed by atoms with E-state index in [0.29, 0.717) is 25.2 Å². The van der Waals surface area contributed by atoms with Gasteiger partial charge in [-0.25, -0.2) is 4.79 Å². The van der Waals surface area contributed by atoms with Gasteiger partial charge >= 0.3 is 5.97 Å². The van der Waals surface area contributed by atoms with Crippen LogP contribution in [0, 0.1) is 17.3 Å². The summed E-state index contributed by atoms with van der Waals surface area (Å²) in [6, 6.07) is 0. The van der Waals surface area contributed by atoms with E-state index in [0.717, 1.165) is 35.4 Å². The molecule has 0 aromatic heterocycles. The lowest BCUT2D eigenvalue weighted by molar-refractivity contribution is -0.136. The molecule has 1 atom stereocenters. The number of carbonyl (C=O) groups excluding carboxylic acids is 2. The standard InChI is InChI=1S/C21H29NO4/c1-12(2)19-18(20(24)25-5)16(13-6-8-26-9-7-13)17-14(22-19)10-21(3,4)11-15(17)23/h6,12,16,22H,7-11H2,1-5H3. The number of carbonyl (C=O) groups is 2. The molecular weight excluding hydrogens is 330 g/mol. The van der Waals surface area contributed by atoms with Crippen molar-refractivity contribution in [2.24, 2.45) is 17.3 Å². The molecule has 3 rings (SSSR count). The highest BCUT2D eigenvalue weighted by atomic mass is 16.5. The van der Waals surface area contributed by atoms with Crippen LogP contribution in [0.4, 0.5) is 0 Å². The number of allylic oxidation sites excluding steroid dienone is 3. The van der Waals surface area contributed by atoms with Crippen LogP contribution in [0.2, 0.25) is 0 Å². The fraction of sp³-hybridized carbons (Fsp3) is 0.619. The number of nitrogens with one attached hydrogen (secondary N) is 1. The fourth-order valence-electron chi connectivity index (χ4n) is 4.28. The first-order chi connectivity index (χ1) is 12.2. The van der Waals surface area contributed by atoms with E-state index in [1.165, 1.54) is 7.11 Å². The molecule has 1 N–H and O–H groups in total. The quantitative estimate of drug-likeness (QED) is 0.619. The third kappa shape index (κ3) is 3.37. The largest absolute Gasteiger partial charge is 0.466 e. The molecule has 3 aliphatic rings. The Hall–Kier alpha value is -1.88. The Kier molecular flexibility index (Phi) is 5.11. The number of ketones is 1. The number of hydrogen-bond acceptors (Lipinski definition) is 5. The van der Waals surface area contributed by atoms with Gasteiger partial charge in [-0.1, -0.05) is 39.3 Å². The van der Waals surface area contributed by atoms with Crippen LogP contribution in [0.15, 0.2) is 34.2 Å². The van der Waals surface area contributed by atoms with E-state index in [1.54, 1.807) is 0 Å². The third-order valence-electron chi connectivity index (χ3n) is 5.42. The maximum absolute atomic E-state index is 13.1. The summed E-state index contributed by atoms with van der Waals surface area (Å²) < 4.78 is 10.6. The van der Waals surface area contributed by atoms with Crippen molar-refractivity contribution in [1.29, 1.82) is 0 Å². The Morgan fingerprint density at radius 2 is 2.08 bits per heavy atom. The first kappa shape index (κ1) is 18.9. The van der Waals surface area contributed by atoms with Crippen molar-refractivity contribution in [3.63, 3.8) is 0 Å². The van der Waals surface area contributed by atoms with Gasteiger partial charge in [-0.2, -0.15) is 0 Å². The predicted molar refractivity (Wildman–Crippen MR) is 99.1 cm³/mol. The zero-order chi connectivity index (χ0) is 19.1. The van der Waals surface area contributed by atoms with Crippen molar-refractivity contribution in [1.82, 2.24) is 5.32 Å². The summed E-state index contributed by atoms with van der Waals surface area (Å²) in [5.41, 5.74) is 4.20. The first-order valence-electron chi connectivity index (χ1n) is 9.37. The molecule has 1 aliphatic carbocycles. The summed E-state index contributed by atoms with van der Waals surface area (Å²) in [6.07, 6.45) is 4.06. The number of ether oxygens (including phenoxy) is 2. The maximum atomic E-state index is 13.1. The second kappa shape index (κ2) is 7.03. The molecule has 1 unspecified atom stereocenters. The highest BCUT2D eigenvalue weighted by molar-refractivity contribution is 6.03. The first-order valence-corrected chi connectivity index (χ1v) is 9.37. The number of dihydropyridines is 1. The number of hydrogen-bond donors (Lipinski definition) is 1. The molecule has 0 amide bonds. The summed E-state index contributed by atoms with van der Waals surface area (Å²) in [5, 5.41) is 3.45. The average Bonchev–Trinajstić information content (AvgIpc) is 2.59. The second-order valence-electron chi connectivity index (χ2n) is 8.47. The molecule has 0 aromatic rings. The van der Waals surface area contributed by atoms with Crippen molar-refractivity contribution in [3.8, 4) is 0 Å². The van der Waals surface area contributed by atoms with E-state index < -0.39 is 0 Å². The van der Waals surface area contributed by atoms with Crippen LogP contribution in [0.25, 0.3) is 0 Å². The Morgan fingerprint density at radius 3 is 2.65 bits per heavy atom. The van der Waals surface area contributed by atoms with Crippen molar-refractivity contribution < 1.29 is 19.1 Å². The molecule has 0 saturated heterocycles. The molecule has 0 fully saturated rings. The van der Waals surface area contributed by atoms with E-state index in [1.807, 2.05) is 6.08 Å². The van der Waals surface area contributed by atoms with Crippen molar-refractivity contribution in [2.45, 2.75) is 47.0 Å². The lowest BCUT2D eigenvalue weighted by atomic mass is 9.67. The van der Waals surface area contributed by atoms with Gasteiger partial charge in [0.2, 0.25) is 0 Å². The molecule has 0 radical (unpaired) electrons. The topological polar surface area (TPSA) is 64.6 Å². The van der Waals surface area contributed by atoms with E-state index in [9.17, 15) is 9.59 Å². The van der Waals surface area contributed by atoms with Gasteiger partial charge in [-0.05, 0) is 24.2 Å². The zero-order valence-corrected chi connectivity index (χ0v) is 16.4. The molecule has 142 valence electrons. The summed E-state index contributed by atoms with van der Waals surface area (Å²) in [4.78, 5) is 25.8. The van der Waals surface area contributed by atoms with Crippen LogP contribution < -0.4 is 5.32 Å². The normalized spacial score (nSPS) is 25.7. The highest BCUT2D eigenvalue weighted by Gasteiger charge is 2.44. The minimum Gasteiger partial charge on any atom is -0.466 e. The molecule has 5 heteroatoms. The summed E-state index contributed by atoms with van der Waals surface area (Å²) in [6.45, 7) is 9.49. The fourth-order valence-corrected chi connectivity index (χ4v) is 4.28. The molecule has 0 saturated carbocycles. The Morgan fingerprint density at radius 1 is 1.35 bits per heavy atom. The number of methoxy groups -OCH3 is 1. The van der Waals surface area contributed by atoms with E-state index in [2.05, 4.69) is 33.0 Å². The predicted octanol–water partition coefficient (Wildman–Crippen LogP) is 3.28. The summed E-state index contributed by atoms with van der Waals surface area (Å²) >= 11 is 0.